The minimum Gasteiger partial charge on any atom is -0.298 e. The Morgan fingerprint density at radius 2 is 1.88 bits per heavy atom. The smallest absolute Gasteiger partial charge is 0.261 e. The van der Waals surface area contributed by atoms with Gasteiger partial charge in [-0.1, -0.05) is 30.2 Å². The summed E-state index contributed by atoms with van der Waals surface area (Å²) in [6.45, 7) is 2.92. The lowest BCUT2D eigenvalue weighted by Crippen LogP contribution is -2.29. The second-order valence-electron chi connectivity index (χ2n) is 7.58. The summed E-state index contributed by atoms with van der Waals surface area (Å²) >= 11 is 7.29. The van der Waals surface area contributed by atoms with Crippen LogP contribution >= 0.6 is 22.9 Å². The molecule has 1 aromatic heterocycles. The third-order valence-electron chi connectivity index (χ3n) is 5.09. The van der Waals surface area contributed by atoms with E-state index >= 15 is 0 Å². The monoisotopic (exact) mass is 490 g/mol. The van der Waals surface area contributed by atoms with Crippen LogP contribution in [0.2, 0.25) is 5.02 Å². The molecule has 7 nitrogen and oxygen atoms in total. The molecule has 1 aliphatic rings. The maximum atomic E-state index is 12.7. The number of halogens is 1. The lowest BCUT2D eigenvalue weighted by molar-refractivity contribution is 0.102. The van der Waals surface area contributed by atoms with E-state index in [0.717, 1.165) is 25.3 Å². The average molecular weight is 491 g/mol. The van der Waals surface area contributed by atoms with Gasteiger partial charge in [0.15, 0.2) is 5.13 Å². The molecule has 0 saturated carbocycles. The molecular weight excluding hydrogens is 468 g/mol. The lowest BCUT2D eigenvalue weighted by atomic mass is 10.1. The van der Waals surface area contributed by atoms with Crippen LogP contribution in [0.5, 0.6) is 0 Å². The molecule has 4 rings (SSSR count). The molecule has 168 valence electrons. The van der Waals surface area contributed by atoms with Crippen LogP contribution in [-0.2, 0) is 16.6 Å². The van der Waals surface area contributed by atoms with Crippen molar-refractivity contribution in [2.45, 2.75) is 30.7 Å². The highest BCUT2D eigenvalue weighted by Gasteiger charge is 2.18. The van der Waals surface area contributed by atoms with Gasteiger partial charge in [0.25, 0.3) is 15.9 Å². The molecule has 10 heteroatoms. The van der Waals surface area contributed by atoms with Crippen molar-refractivity contribution >= 4 is 49.7 Å². The first kappa shape index (κ1) is 22.7. The van der Waals surface area contributed by atoms with Crippen molar-refractivity contribution in [1.82, 2.24) is 9.88 Å². The molecule has 1 saturated heterocycles. The van der Waals surface area contributed by atoms with Crippen LogP contribution in [0.3, 0.4) is 0 Å². The Kier molecular flexibility index (Phi) is 7.10. The van der Waals surface area contributed by atoms with E-state index in [1.54, 1.807) is 24.3 Å². The molecular formula is C22H23ClN4O3S2. The van der Waals surface area contributed by atoms with E-state index in [0.29, 0.717) is 15.8 Å². The Morgan fingerprint density at radius 1 is 1.09 bits per heavy atom. The summed E-state index contributed by atoms with van der Waals surface area (Å²) in [7, 11) is -3.88. The number of likely N-dealkylation sites (tertiary alicyclic amines) is 1. The predicted octanol–water partition coefficient (Wildman–Crippen LogP) is 4.84. The molecule has 32 heavy (non-hydrogen) atoms. The van der Waals surface area contributed by atoms with Gasteiger partial charge < -0.3 is 0 Å². The van der Waals surface area contributed by atoms with Crippen molar-refractivity contribution in [1.29, 1.82) is 0 Å². The zero-order valence-electron chi connectivity index (χ0n) is 17.3. The number of aromatic nitrogens is 1. The molecule has 0 bridgehead atoms. The molecule has 3 aromatic rings. The molecule has 1 aliphatic heterocycles. The number of carbonyl (C=O) groups excluding carboxylic acids is 1. The summed E-state index contributed by atoms with van der Waals surface area (Å²) in [5.74, 6) is -0.413. The zero-order chi connectivity index (χ0) is 22.6. The summed E-state index contributed by atoms with van der Waals surface area (Å²) in [6, 6.07) is 12.3. The van der Waals surface area contributed by atoms with Crippen molar-refractivity contribution in [2.24, 2.45) is 0 Å². The van der Waals surface area contributed by atoms with Gasteiger partial charge in [-0.15, -0.1) is 11.3 Å². The number of hydrogen-bond donors (Lipinski definition) is 2. The van der Waals surface area contributed by atoms with Gasteiger partial charge in [0.1, 0.15) is 0 Å². The van der Waals surface area contributed by atoms with E-state index in [1.807, 2.05) is 5.38 Å². The minimum atomic E-state index is -3.88. The number of hydrogen-bond acceptors (Lipinski definition) is 6. The van der Waals surface area contributed by atoms with Gasteiger partial charge >= 0.3 is 0 Å². The normalized spacial score (nSPS) is 14.8. The molecule has 0 spiro atoms. The van der Waals surface area contributed by atoms with E-state index < -0.39 is 15.9 Å². The fraction of sp³-hybridized carbons (Fsp3) is 0.273. The Balaban J connectivity index is 1.43. The first-order valence-corrected chi connectivity index (χ1v) is 13.0. The zero-order valence-corrected chi connectivity index (χ0v) is 19.6. The van der Waals surface area contributed by atoms with E-state index in [9.17, 15) is 13.2 Å². The summed E-state index contributed by atoms with van der Waals surface area (Å²) in [4.78, 5) is 19.6. The van der Waals surface area contributed by atoms with Crippen molar-refractivity contribution < 1.29 is 13.2 Å². The summed E-state index contributed by atoms with van der Waals surface area (Å²) in [5.41, 5.74) is 1.50. The highest BCUT2D eigenvalue weighted by atomic mass is 35.5. The molecule has 0 radical (unpaired) electrons. The Hall–Kier alpha value is -2.46. The van der Waals surface area contributed by atoms with Crippen LogP contribution in [0.4, 0.5) is 10.8 Å². The van der Waals surface area contributed by atoms with Gasteiger partial charge in [-0.2, -0.15) is 0 Å². The SMILES string of the molecule is O=C(Nc1nc(CN2CCCCC2)cs1)c1cccc(S(=O)(=O)Nc2cccc(Cl)c2)c1. The number of nitrogens with zero attached hydrogens (tertiary/aromatic N) is 2. The van der Waals surface area contributed by atoms with E-state index in [1.165, 1.54) is 54.9 Å². The maximum absolute atomic E-state index is 12.7. The Labute approximate surface area is 196 Å². The number of amides is 1. The van der Waals surface area contributed by atoms with Gasteiger partial charge in [0.05, 0.1) is 16.3 Å². The second-order valence-corrected chi connectivity index (χ2v) is 10.6. The predicted molar refractivity (Wildman–Crippen MR) is 128 cm³/mol. The third-order valence-corrected chi connectivity index (χ3v) is 7.51. The number of nitrogens with one attached hydrogen (secondary N) is 2. The van der Waals surface area contributed by atoms with Crippen molar-refractivity contribution in [3.8, 4) is 0 Å². The standard InChI is InChI=1S/C22H23ClN4O3S2/c23-17-7-5-8-18(13-17)26-32(29,30)20-9-4-6-16(12-20)21(28)25-22-24-19(15-31-22)14-27-10-2-1-3-11-27/h4-9,12-13,15,26H,1-3,10-11,14H2,(H,24,25,28). The summed E-state index contributed by atoms with van der Waals surface area (Å²) in [6.07, 6.45) is 3.69. The number of anilines is 2. The molecule has 1 fully saturated rings. The molecule has 2 aromatic carbocycles. The number of sulfonamides is 1. The van der Waals surface area contributed by atoms with Crippen LogP contribution in [0.1, 0.15) is 35.3 Å². The second kappa shape index (κ2) is 9.99. The van der Waals surface area contributed by atoms with Gasteiger partial charge in [0.2, 0.25) is 0 Å². The van der Waals surface area contributed by atoms with Crippen molar-refractivity contribution in [2.75, 3.05) is 23.1 Å². The third kappa shape index (κ3) is 5.86. The highest BCUT2D eigenvalue weighted by Crippen LogP contribution is 2.22. The lowest BCUT2D eigenvalue weighted by Gasteiger charge is -2.25. The Bertz CT molecular complexity index is 1210. The molecule has 0 unspecified atom stereocenters. The van der Waals surface area contributed by atoms with Crippen molar-refractivity contribution in [3.63, 3.8) is 0 Å². The van der Waals surface area contributed by atoms with Gasteiger partial charge in [-0.25, -0.2) is 13.4 Å². The van der Waals surface area contributed by atoms with Crippen LogP contribution in [0, 0.1) is 0 Å². The molecule has 2 N–H and O–H groups in total. The highest BCUT2D eigenvalue weighted by molar-refractivity contribution is 7.92. The molecule has 1 amide bonds. The molecule has 0 aliphatic carbocycles. The topological polar surface area (TPSA) is 91.4 Å². The average Bonchev–Trinajstić information content (AvgIpc) is 3.21. The molecule has 0 atom stereocenters. The number of rotatable bonds is 7. The van der Waals surface area contributed by atoms with Crippen LogP contribution < -0.4 is 10.0 Å². The van der Waals surface area contributed by atoms with Crippen LogP contribution in [0.25, 0.3) is 0 Å². The number of benzene rings is 2. The van der Waals surface area contributed by atoms with Crippen LogP contribution in [0.15, 0.2) is 58.8 Å². The fourth-order valence-electron chi connectivity index (χ4n) is 3.52. The first-order chi connectivity index (χ1) is 15.4. The van der Waals surface area contributed by atoms with E-state index in [2.05, 4.69) is 19.9 Å². The quantitative estimate of drug-likeness (QED) is 0.494. The van der Waals surface area contributed by atoms with Crippen molar-refractivity contribution in [3.05, 3.63) is 70.2 Å². The Morgan fingerprint density at radius 3 is 2.66 bits per heavy atom. The largest absolute Gasteiger partial charge is 0.298 e. The van der Waals surface area contributed by atoms with Gasteiger partial charge in [0, 0.05) is 22.5 Å². The van der Waals surface area contributed by atoms with Crippen LogP contribution in [-0.4, -0.2) is 37.3 Å². The maximum Gasteiger partial charge on any atom is 0.261 e. The van der Waals surface area contributed by atoms with Gasteiger partial charge in [-0.3, -0.25) is 19.7 Å². The van der Waals surface area contributed by atoms with E-state index in [-0.39, 0.29) is 10.5 Å². The molecule has 2 heterocycles. The fourth-order valence-corrected chi connectivity index (χ4v) is 5.51. The van der Waals surface area contributed by atoms with Gasteiger partial charge in [-0.05, 0) is 62.3 Å². The number of carbonyl (C=O) groups is 1. The van der Waals surface area contributed by atoms with E-state index in [4.69, 9.17) is 11.6 Å². The first-order valence-electron chi connectivity index (χ1n) is 10.3. The number of piperidine rings is 1. The summed E-state index contributed by atoms with van der Waals surface area (Å²) in [5, 5.41) is 5.62. The number of thiazole rings is 1. The minimum absolute atomic E-state index is 0.0185. The summed E-state index contributed by atoms with van der Waals surface area (Å²) < 4.78 is 27.9.